The fourth-order valence-corrected chi connectivity index (χ4v) is 13.1. The maximum atomic E-state index is 10.1. The molecular formula is C53H100O8Sn. The first-order valence-corrected chi connectivity index (χ1v) is 30.7. The second-order valence-electron chi connectivity index (χ2n) is 19.7. The second-order valence-corrected chi connectivity index (χ2v) is 24.0. The van der Waals surface area contributed by atoms with Crippen LogP contribution in [-0.2, 0) is 28.5 Å². The van der Waals surface area contributed by atoms with Crippen LogP contribution in [0.15, 0.2) is 0 Å². The molecular weight excluding hydrogens is 883 g/mol. The SMILES string of the molecule is CC(C)(C1CCC(OCC2CO2)CC1)C1CCC(OCC2CO2)CC1.CCCCCCCCCCCC(=O)[O-].CCCCCCCCCCCC(=O)[O-].CCC[CH2][Sn+2][CH2]CCC. The third-order valence-corrected chi connectivity index (χ3v) is 17.7. The average molecular weight is 984 g/mol. The number of rotatable bonds is 34. The molecule has 2 atom stereocenters. The molecule has 0 radical (unpaired) electrons. The van der Waals surface area contributed by atoms with E-state index < -0.39 is 11.9 Å². The van der Waals surface area contributed by atoms with Gasteiger partial charge in [0.25, 0.3) is 0 Å². The summed E-state index contributed by atoms with van der Waals surface area (Å²) < 4.78 is 25.8. The molecule has 2 saturated carbocycles. The van der Waals surface area contributed by atoms with Gasteiger partial charge in [0, 0.05) is 11.9 Å². The summed E-state index contributed by atoms with van der Waals surface area (Å²) in [6, 6.07) is 0. The Hall–Kier alpha value is -0.421. The zero-order chi connectivity index (χ0) is 45.5. The molecule has 0 aromatic rings. The van der Waals surface area contributed by atoms with Gasteiger partial charge in [-0.05, 0) is 94.3 Å². The Morgan fingerprint density at radius 1 is 0.484 bits per heavy atom. The van der Waals surface area contributed by atoms with E-state index >= 15 is 0 Å². The van der Waals surface area contributed by atoms with Gasteiger partial charge in [-0.2, -0.15) is 0 Å². The van der Waals surface area contributed by atoms with E-state index in [0.29, 0.717) is 29.8 Å². The van der Waals surface area contributed by atoms with Crippen LogP contribution >= 0.6 is 0 Å². The fraction of sp³-hybridized carbons (Fsp3) is 0.962. The summed E-state index contributed by atoms with van der Waals surface area (Å²) in [5.41, 5.74) is 0.454. The van der Waals surface area contributed by atoms with Gasteiger partial charge in [0.15, 0.2) is 0 Å². The van der Waals surface area contributed by atoms with Gasteiger partial charge in [0.1, 0.15) is 12.2 Å². The van der Waals surface area contributed by atoms with Gasteiger partial charge >= 0.3 is 69.5 Å². The first kappa shape index (κ1) is 59.6. The zero-order valence-corrected chi connectivity index (χ0v) is 44.5. The topological polar surface area (TPSA) is 124 Å². The van der Waals surface area contributed by atoms with Crippen LogP contribution in [0, 0.1) is 17.3 Å². The number of carbonyl (C=O) groups is 2. The Morgan fingerprint density at radius 3 is 1.05 bits per heavy atom. The normalized spacial score (nSPS) is 22.7. The molecule has 2 saturated heterocycles. The summed E-state index contributed by atoms with van der Waals surface area (Å²) in [6.45, 7) is 17.5. The van der Waals surface area contributed by atoms with Crippen molar-refractivity contribution >= 4 is 33.1 Å². The summed E-state index contributed by atoms with van der Waals surface area (Å²) in [4.78, 5) is 20.2. The van der Waals surface area contributed by atoms with Crippen molar-refractivity contribution in [2.45, 2.75) is 280 Å². The van der Waals surface area contributed by atoms with E-state index in [0.717, 1.165) is 63.9 Å². The Bertz CT molecular complexity index is 926. The number of hydrogen-bond donors (Lipinski definition) is 0. The third kappa shape index (κ3) is 35.8. The van der Waals surface area contributed by atoms with E-state index in [1.807, 2.05) is 0 Å². The van der Waals surface area contributed by atoms with Crippen molar-refractivity contribution in [2.75, 3.05) is 26.4 Å². The fourth-order valence-electron chi connectivity index (χ4n) is 8.98. The van der Waals surface area contributed by atoms with Gasteiger partial charge in [-0.15, -0.1) is 0 Å². The van der Waals surface area contributed by atoms with Crippen molar-refractivity contribution in [2.24, 2.45) is 17.3 Å². The van der Waals surface area contributed by atoms with Crippen LogP contribution in [0.3, 0.4) is 0 Å². The molecule has 2 heterocycles. The first-order valence-electron chi connectivity index (χ1n) is 26.6. The van der Waals surface area contributed by atoms with E-state index in [-0.39, 0.29) is 34.0 Å². The van der Waals surface area contributed by atoms with Gasteiger partial charge in [-0.25, -0.2) is 0 Å². The van der Waals surface area contributed by atoms with Crippen molar-refractivity contribution in [3.05, 3.63) is 0 Å². The molecule has 0 aromatic heterocycles. The van der Waals surface area contributed by atoms with Crippen molar-refractivity contribution in [3.8, 4) is 0 Å². The molecule has 0 aromatic carbocycles. The molecule has 9 heteroatoms. The Labute approximate surface area is 393 Å². The maximum absolute atomic E-state index is 10.1. The van der Waals surface area contributed by atoms with E-state index in [9.17, 15) is 19.8 Å². The van der Waals surface area contributed by atoms with Crippen LogP contribution in [0.25, 0.3) is 0 Å². The summed E-state index contributed by atoms with van der Waals surface area (Å²) in [5, 5.41) is 20.2. The minimum atomic E-state index is -0.909. The summed E-state index contributed by atoms with van der Waals surface area (Å²) >= 11 is 0.149. The van der Waals surface area contributed by atoms with Crippen molar-refractivity contribution < 1.29 is 38.7 Å². The molecule has 2 aliphatic carbocycles. The standard InChI is InChI=1S/C21H36O4.2C12H24O2.2C4H9.Sn/c1-21(2,15-3-7-17(8-4-15)22-11-19-13-24-19)16-5-9-18(10-6-16)23-12-20-14-25-20;2*1-2-3-4-5-6-7-8-9-10-11-12(13)14;2*1-3-4-2;/h15-20H,3-14H2,1-2H3;2*2-11H2,1H3,(H,13,14);2*1,3-4H2,2H3;/q;;;;;+2/p-2. The quantitative estimate of drug-likeness (QED) is 0.0355. The number of hydrogen-bond acceptors (Lipinski definition) is 8. The van der Waals surface area contributed by atoms with Gasteiger partial charge in [0.05, 0.1) is 38.6 Å². The van der Waals surface area contributed by atoms with E-state index in [1.54, 1.807) is 8.87 Å². The Balaban J connectivity index is 0.000000449. The molecule has 0 spiro atoms. The van der Waals surface area contributed by atoms with Gasteiger partial charge < -0.3 is 38.7 Å². The predicted octanol–water partition coefficient (Wildman–Crippen LogP) is 12.4. The molecule has 8 nitrogen and oxygen atoms in total. The van der Waals surface area contributed by atoms with Crippen molar-refractivity contribution in [3.63, 3.8) is 0 Å². The van der Waals surface area contributed by atoms with E-state index in [2.05, 4.69) is 41.5 Å². The number of ether oxygens (including phenoxy) is 4. The van der Waals surface area contributed by atoms with E-state index in [1.165, 1.54) is 167 Å². The zero-order valence-electron chi connectivity index (χ0n) is 41.6. The number of epoxide rings is 2. The first-order chi connectivity index (χ1) is 30.1. The molecule has 4 aliphatic rings. The molecule has 0 N–H and O–H groups in total. The van der Waals surface area contributed by atoms with E-state index in [4.69, 9.17) is 18.9 Å². The Morgan fingerprint density at radius 2 is 0.774 bits per heavy atom. The summed E-state index contributed by atoms with van der Waals surface area (Å²) in [7, 11) is 0. The molecule has 0 bridgehead atoms. The molecule has 2 aliphatic heterocycles. The van der Waals surface area contributed by atoms with Crippen LogP contribution in [0.4, 0.5) is 0 Å². The van der Waals surface area contributed by atoms with Crippen LogP contribution in [-0.4, -0.2) is 83.9 Å². The molecule has 364 valence electrons. The number of carboxylic acid groups (broad SMARTS) is 2. The Kier molecular flexibility index (Phi) is 39.2. The number of carbonyl (C=O) groups excluding carboxylic acids is 2. The van der Waals surface area contributed by atoms with Gasteiger partial charge in [-0.3, -0.25) is 0 Å². The van der Waals surface area contributed by atoms with Crippen LogP contribution in [0.5, 0.6) is 0 Å². The van der Waals surface area contributed by atoms with Gasteiger partial charge in [0.2, 0.25) is 0 Å². The molecule has 2 unspecified atom stereocenters. The molecule has 62 heavy (non-hydrogen) atoms. The van der Waals surface area contributed by atoms with Crippen LogP contribution in [0.2, 0.25) is 8.87 Å². The third-order valence-electron chi connectivity index (χ3n) is 13.7. The summed E-state index contributed by atoms with van der Waals surface area (Å²) in [6.07, 6.45) is 40.2. The number of unbranched alkanes of at least 4 members (excludes halogenated alkanes) is 18. The average Bonchev–Trinajstić information content (AvgIpc) is 4.22. The minimum absolute atomic E-state index is 0.149. The number of aliphatic carboxylic acids is 2. The number of carboxylic acids is 2. The second kappa shape index (κ2) is 40.8. The predicted molar refractivity (Wildman–Crippen MR) is 256 cm³/mol. The van der Waals surface area contributed by atoms with Crippen molar-refractivity contribution in [1.82, 2.24) is 0 Å². The van der Waals surface area contributed by atoms with Crippen LogP contribution < -0.4 is 10.2 Å². The molecule has 4 fully saturated rings. The molecule has 4 rings (SSSR count). The molecule has 0 amide bonds. The van der Waals surface area contributed by atoms with Crippen LogP contribution in [0.1, 0.15) is 247 Å². The van der Waals surface area contributed by atoms with Crippen molar-refractivity contribution in [1.29, 1.82) is 0 Å². The monoisotopic (exact) mass is 985 g/mol. The van der Waals surface area contributed by atoms with Gasteiger partial charge in [-0.1, -0.05) is 130 Å². The summed E-state index contributed by atoms with van der Waals surface area (Å²) in [5.74, 6) is -0.111.